The van der Waals surface area contributed by atoms with Gasteiger partial charge in [-0.15, -0.1) is 11.3 Å². The van der Waals surface area contributed by atoms with Gasteiger partial charge in [0.15, 0.2) is 11.5 Å². The molecule has 0 spiro atoms. The number of rotatable bonds is 0. The molecular formula is C20H32O2SSi4. The Bertz CT molecular complexity index is 826. The lowest BCUT2D eigenvalue weighted by atomic mass is 10.4. The Balaban J connectivity index is 2.12. The molecule has 0 fully saturated rings. The molecule has 4 bridgehead atoms. The molecule has 0 amide bonds. The third-order valence-corrected chi connectivity index (χ3v) is 48.0. The van der Waals surface area contributed by atoms with Crippen LogP contribution in [0.4, 0.5) is 0 Å². The van der Waals surface area contributed by atoms with E-state index in [-0.39, 0.29) is 0 Å². The molecule has 0 saturated heterocycles. The summed E-state index contributed by atoms with van der Waals surface area (Å²) in [6.07, 6.45) is 0. The van der Waals surface area contributed by atoms with Crippen LogP contribution in [0.15, 0.2) is 24.3 Å². The quantitative estimate of drug-likeness (QED) is 0.577. The third-order valence-electron chi connectivity index (χ3n) is 7.99. The van der Waals surface area contributed by atoms with Gasteiger partial charge in [0, 0.05) is 9.00 Å². The van der Waals surface area contributed by atoms with Crippen LogP contribution in [0.1, 0.15) is 0 Å². The first kappa shape index (κ1) is 19.7. The first-order chi connectivity index (χ1) is 12.4. The van der Waals surface area contributed by atoms with Gasteiger partial charge in [-0.05, 0) is 0 Å². The largest absolute Gasteiger partial charge is 0.485 e. The highest BCUT2D eigenvalue weighted by atomic mass is 32.1. The number of benzene rings is 1. The predicted octanol–water partition coefficient (Wildman–Crippen LogP) is 3.05. The maximum absolute atomic E-state index is 6.33. The van der Waals surface area contributed by atoms with E-state index in [1.807, 2.05) is 0 Å². The molecule has 0 N–H and O–H groups in total. The van der Waals surface area contributed by atoms with Crippen molar-refractivity contribution in [1.29, 1.82) is 0 Å². The molecule has 27 heavy (non-hydrogen) atoms. The average molecular weight is 449 g/mol. The van der Waals surface area contributed by atoms with E-state index in [0.717, 1.165) is 11.5 Å². The molecule has 5 rings (SSSR count). The fourth-order valence-corrected chi connectivity index (χ4v) is 29.0. The Morgan fingerprint density at radius 3 is 1.26 bits per heavy atom. The molecule has 0 atom stereocenters. The highest BCUT2D eigenvalue weighted by Crippen LogP contribution is 2.39. The van der Waals surface area contributed by atoms with Crippen molar-refractivity contribution in [2.24, 2.45) is 0 Å². The van der Waals surface area contributed by atoms with Crippen LogP contribution in [0, 0.1) is 0 Å². The van der Waals surface area contributed by atoms with Crippen molar-refractivity contribution in [1.82, 2.24) is 0 Å². The molecule has 7 heteroatoms. The van der Waals surface area contributed by atoms with E-state index in [1.54, 1.807) is 19.4 Å². The second-order valence-electron chi connectivity index (χ2n) is 10.2. The highest BCUT2D eigenvalue weighted by molar-refractivity contribution is 7.61. The summed E-state index contributed by atoms with van der Waals surface area (Å²) in [7, 11) is -6.71. The first-order valence-corrected chi connectivity index (χ1v) is 24.8. The van der Waals surface area contributed by atoms with Crippen LogP contribution in [0.2, 0.25) is 52.4 Å². The van der Waals surface area contributed by atoms with Crippen molar-refractivity contribution in [2.45, 2.75) is 52.4 Å². The lowest BCUT2D eigenvalue weighted by Crippen LogP contribution is -2.69. The molecule has 2 aromatic rings. The average Bonchev–Trinajstić information content (AvgIpc) is 3.01. The normalized spacial score (nSPS) is 23.6. The fraction of sp³-hybridized carbons (Fsp3) is 0.500. The summed E-state index contributed by atoms with van der Waals surface area (Å²) < 4.78 is 15.8. The van der Waals surface area contributed by atoms with Gasteiger partial charge in [0.25, 0.3) is 0 Å². The van der Waals surface area contributed by atoms with Crippen LogP contribution < -0.4 is 28.8 Å². The first-order valence-electron chi connectivity index (χ1n) is 9.97. The van der Waals surface area contributed by atoms with Crippen molar-refractivity contribution in [3.8, 4) is 11.5 Å². The zero-order valence-corrected chi connectivity index (χ0v) is 22.8. The summed E-state index contributed by atoms with van der Waals surface area (Å²) in [6, 6.07) is 9.94. The van der Waals surface area contributed by atoms with Gasteiger partial charge in [0.1, 0.15) is 13.2 Å². The van der Waals surface area contributed by atoms with E-state index in [0.29, 0.717) is 13.2 Å². The predicted molar refractivity (Wildman–Crippen MR) is 130 cm³/mol. The van der Waals surface area contributed by atoms with Crippen LogP contribution >= 0.6 is 11.3 Å². The summed E-state index contributed by atoms with van der Waals surface area (Å²) >= 11 is 2.09. The molecule has 1 aromatic heterocycles. The minimum atomic E-state index is -1.72. The van der Waals surface area contributed by atoms with Crippen molar-refractivity contribution in [2.75, 3.05) is 13.2 Å². The van der Waals surface area contributed by atoms with Gasteiger partial charge in [0.2, 0.25) is 0 Å². The smallest absolute Gasteiger partial charge is 0.170 e. The Morgan fingerprint density at radius 1 is 0.593 bits per heavy atom. The molecule has 2 nitrogen and oxygen atoms in total. The fourth-order valence-electron chi connectivity index (χ4n) is 4.37. The zero-order valence-electron chi connectivity index (χ0n) is 17.9. The molecular weight excluding hydrogens is 417 g/mol. The Labute approximate surface area is 171 Å². The standard InChI is InChI=1S/C20H32O2SSi4/c1-24(2)15-9-11-16(12-10-15)25(3,4)27(7,8)20-18-17(21-13-14-22-18)19(23-20)26(24,5)6/h9-12H,13-14H2,1-8H3. The Kier molecular flexibility index (Phi) is 4.34. The summed E-state index contributed by atoms with van der Waals surface area (Å²) in [6.45, 7) is 22.0. The van der Waals surface area contributed by atoms with E-state index in [4.69, 9.17) is 9.47 Å². The summed E-state index contributed by atoms with van der Waals surface area (Å²) in [5, 5.41) is 3.21. The zero-order chi connectivity index (χ0) is 19.8. The minimum absolute atomic E-state index is 0.694. The van der Waals surface area contributed by atoms with Crippen LogP contribution in [0.25, 0.3) is 0 Å². The number of thiophene rings is 1. The molecule has 1 aromatic carbocycles. The highest BCUT2D eigenvalue weighted by Gasteiger charge is 2.53. The van der Waals surface area contributed by atoms with Gasteiger partial charge < -0.3 is 9.47 Å². The van der Waals surface area contributed by atoms with Gasteiger partial charge in [0.05, 0.1) is 30.4 Å². The van der Waals surface area contributed by atoms with E-state index in [2.05, 4.69) is 88.0 Å². The maximum Gasteiger partial charge on any atom is 0.170 e. The lowest BCUT2D eigenvalue weighted by Gasteiger charge is -2.40. The van der Waals surface area contributed by atoms with Gasteiger partial charge in [-0.3, -0.25) is 0 Å². The number of fused-ring (bicyclic) bond motifs is 5. The Hall–Kier alpha value is -0.612. The van der Waals surface area contributed by atoms with Gasteiger partial charge in [-0.1, -0.05) is 87.0 Å². The molecule has 0 unspecified atom stereocenters. The van der Waals surface area contributed by atoms with Crippen LogP contribution in [-0.4, -0.2) is 43.6 Å². The lowest BCUT2D eigenvalue weighted by molar-refractivity contribution is 0.176. The van der Waals surface area contributed by atoms with Crippen molar-refractivity contribution >= 4 is 61.1 Å². The van der Waals surface area contributed by atoms with Crippen molar-refractivity contribution in [3.05, 3.63) is 24.3 Å². The van der Waals surface area contributed by atoms with Crippen molar-refractivity contribution < 1.29 is 9.47 Å². The summed E-state index contributed by atoms with van der Waals surface area (Å²) in [5.74, 6) is 2.28. The minimum Gasteiger partial charge on any atom is -0.485 e. The molecule has 4 heterocycles. The van der Waals surface area contributed by atoms with E-state index < -0.39 is 30.4 Å². The van der Waals surface area contributed by atoms with Crippen LogP contribution in [0.3, 0.4) is 0 Å². The number of hydrogen-bond donors (Lipinski definition) is 0. The van der Waals surface area contributed by atoms with Crippen molar-refractivity contribution in [3.63, 3.8) is 0 Å². The van der Waals surface area contributed by atoms with Crippen LogP contribution in [-0.2, 0) is 0 Å². The second kappa shape index (κ2) is 5.95. The second-order valence-corrected chi connectivity index (χ2v) is 42.1. The number of hydrogen-bond acceptors (Lipinski definition) is 3. The Morgan fingerprint density at radius 2 is 0.926 bits per heavy atom. The monoisotopic (exact) mass is 448 g/mol. The molecule has 0 radical (unpaired) electrons. The van der Waals surface area contributed by atoms with Crippen LogP contribution in [0.5, 0.6) is 11.5 Å². The van der Waals surface area contributed by atoms with Gasteiger partial charge >= 0.3 is 0 Å². The van der Waals surface area contributed by atoms with Gasteiger partial charge in [-0.25, -0.2) is 0 Å². The van der Waals surface area contributed by atoms with E-state index in [9.17, 15) is 0 Å². The van der Waals surface area contributed by atoms with E-state index in [1.165, 1.54) is 0 Å². The number of ether oxygens (including phenoxy) is 2. The molecule has 146 valence electrons. The summed E-state index contributed by atoms with van der Waals surface area (Å²) in [5.41, 5.74) is 0. The van der Waals surface area contributed by atoms with Gasteiger partial charge in [-0.2, -0.15) is 0 Å². The molecule has 0 saturated carbocycles. The third kappa shape index (κ3) is 2.51. The molecule has 0 aliphatic carbocycles. The summed E-state index contributed by atoms with van der Waals surface area (Å²) in [4.78, 5) is 0. The molecule has 3 aliphatic rings. The SMILES string of the molecule is C[Si]1(C)c2ccc(cc2)[Si](C)(C)[Si](C)(C)c2sc(c3c2OCCO3)[Si]1(C)C. The topological polar surface area (TPSA) is 18.5 Å². The van der Waals surface area contributed by atoms with E-state index >= 15 is 0 Å². The maximum atomic E-state index is 6.33. The molecule has 3 aliphatic heterocycles.